The Morgan fingerprint density at radius 1 is 1.62 bits per heavy atom. The number of rotatable bonds is 5. The average Bonchev–Trinajstić information content (AvgIpc) is 2.83. The fourth-order valence-electron chi connectivity index (χ4n) is 2.81. The standard InChI is InChI=1S/C11H20N2O3/c1-8(3-14)13-6-10-4-11(10,7-12-5-10)9(15)16-2/h8,12-14H,3-7H2,1-2H3. The summed E-state index contributed by atoms with van der Waals surface area (Å²) in [5, 5.41) is 15.5. The highest BCUT2D eigenvalue weighted by molar-refractivity contribution is 5.83. The molecular weight excluding hydrogens is 208 g/mol. The van der Waals surface area contributed by atoms with Gasteiger partial charge in [-0.3, -0.25) is 4.79 Å². The molecule has 5 nitrogen and oxygen atoms in total. The van der Waals surface area contributed by atoms with E-state index in [0.29, 0.717) is 0 Å². The number of nitrogens with one attached hydrogen (secondary N) is 2. The molecule has 16 heavy (non-hydrogen) atoms. The second-order valence-electron chi connectivity index (χ2n) is 5.10. The summed E-state index contributed by atoms with van der Waals surface area (Å²) in [6.45, 7) is 4.38. The van der Waals surface area contributed by atoms with Gasteiger partial charge in [0.25, 0.3) is 0 Å². The Hall–Kier alpha value is -0.650. The molecule has 2 aliphatic rings. The maximum absolute atomic E-state index is 11.8. The molecule has 1 aliphatic heterocycles. The van der Waals surface area contributed by atoms with Gasteiger partial charge in [0, 0.05) is 31.1 Å². The fraction of sp³-hybridized carbons (Fsp3) is 0.909. The number of aliphatic hydroxyl groups is 1. The number of fused-ring (bicyclic) bond motifs is 1. The van der Waals surface area contributed by atoms with Gasteiger partial charge in [-0.2, -0.15) is 0 Å². The van der Waals surface area contributed by atoms with Gasteiger partial charge < -0.3 is 20.5 Å². The molecule has 3 atom stereocenters. The molecule has 0 aromatic carbocycles. The Kier molecular flexibility index (Phi) is 2.94. The topological polar surface area (TPSA) is 70.6 Å². The van der Waals surface area contributed by atoms with Crippen LogP contribution >= 0.6 is 0 Å². The van der Waals surface area contributed by atoms with Crippen molar-refractivity contribution in [2.45, 2.75) is 19.4 Å². The normalized spacial score (nSPS) is 37.9. The summed E-state index contributed by atoms with van der Waals surface area (Å²) >= 11 is 0. The molecular formula is C11H20N2O3. The minimum absolute atomic E-state index is 0.00350. The number of esters is 1. The third-order valence-electron chi connectivity index (χ3n) is 4.06. The lowest BCUT2D eigenvalue weighted by atomic mass is 9.96. The van der Waals surface area contributed by atoms with Gasteiger partial charge in [-0.1, -0.05) is 0 Å². The quantitative estimate of drug-likeness (QED) is 0.533. The smallest absolute Gasteiger partial charge is 0.313 e. The zero-order valence-electron chi connectivity index (χ0n) is 9.88. The lowest BCUT2D eigenvalue weighted by Gasteiger charge is -2.18. The van der Waals surface area contributed by atoms with Crippen molar-refractivity contribution in [2.24, 2.45) is 10.8 Å². The van der Waals surface area contributed by atoms with Crippen molar-refractivity contribution < 1.29 is 14.6 Å². The summed E-state index contributed by atoms with van der Waals surface area (Å²) in [4.78, 5) is 11.8. The fourth-order valence-corrected chi connectivity index (χ4v) is 2.81. The van der Waals surface area contributed by atoms with Gasteiger partial charge in [0.05, 0.1) is 19.1 Å². The largest absolute Gasteiger partial charge is 0.469 e. The van der Waals surface area contributed by atoms with Crippen LogP contribution in [0.15, 0.2) is 0 Å². The summed E-state index contributed by atoms with van der Waals surface area (Å²) in [7, 11) is 1.45. The number of ether oxygens (including phenoxy) is 1. The molecule has 1 saturated heterocycles. The van der Waals surface area contributed by atoms with E-state index in [1.165, 1.54) is 7.11 Å². The summed E-state index contributed by atoms with van der Waals surface area (Å²) < 4.78 is 4.88. The molecule has 0 aromatic rings. The van der Waals surface area contributed by atoms with Crippen molar-refractivity contribution in [1.29, 1.82) is 0 Å². The van der Waals surface area contributed by atoms with Crippen molar-refractivity contribution in [3.63, 3.8) is 0 Å². The van der Waals surface area contributed by atoms with Gasteiger partial charge in [0.15, 0.2) is 0 Å². The van der Waals surface area contributed by atoms with Crippen LogP contribution in [0.2, 0.25) is 0 Å². The van der Waals surface area contributed by atoms with Crippen molar-refractivity contribution in [1.82, 2.24) is 10.6 Å². The zero-order valence-corrected chi connectivity index (χ0v) is 9.88. The molecule has 0 spiro atoms. The number of hydrogen-bond donors (Lipinski definition) is 3. The van der Waals surface area contributed by atoms with E-state index in [1.54, 1.807) is 0 Å². The molecule has 1 saturated carbocycles. The van der Waals surface area contributed by atoms with Crippen LogP contribution in [0.25, 0.3) is 0 Å². The van der Waals surface area contributed by atoms with E-state index in [-0.39, 0.29) is 29.4 Å². The minimum Gasteiger partial charge on any atom is -0.469 e. The maximum atomic E-state index is 11.8. The molecule has 2 rings (SSSR count). The molecule has 3 unspecified atom stereocenters. The van der Waals surface area contributed by atoms with E-state index in [2.05, 4.69) is 10.6 Å². The van der Waals surface area contributed by atoms with Crippen molar-refractivity contribution in [3.8, 4) is 0 Å². The van der Waals surface area contributed by atoms with Crippen LogP contribution in [-0.2, 0) is 9.53 Å². The third-order valence-corrected chi connectivity index (χ3v) is 4.06. The number of aliphatic hydroxyl groups excluding tert-OH is 1. The average molecular weight is 228 g/mol. The van der Waals surface area contributed by atoms with Gasteiger partial charge in [-0.05, 0) is 13.3 Å². The van der Waals surface area contributed by atoms with E-state index in [9.17, 15) is 4.79 Å². The number of carbonyl (C=O) groups is 1. The van der Waals surface area contributed by atoms with E-state index < -0.39 is 0 Å². The third kappa shape index (κ3) is 1.54. The monoisotopic (exact) mass is 228 g/mol. The highest BCUT2D eigenvalue weighted by atomic mass is 16.5. The predicted octanol–water partition coefficient (Wildman–Crippen LogP) is -0.890. The van der Waals surface area contributed by atoms with Crippen molar-refractivity contribution in [2.75, 3.05) is 33.4 Å². The van der Waals surface area contributed by atoms with Gasteiger partial charge in [-0.25, -0.2) is 0 Å². The van der Waals surface area contributed by atoms with Crippen LogP contribution in [0.3, 0.4) is 0 Å². The lowest BCUT2D eigenvalue weighted by molar-refractivity contribution is -0.147. The Labute approximate surface area is 95.5 Å². The highest BCUT2D eigenvalue weighted by Gasteiger charge is 2.74. The van der Waals surface area contributed by atoms with Crippen LogP contribution in [0.5, 0.6) is 0 Å². The second kappa shape index (κ2) is 3.98. The van der Waals surface area contributed by atoms with Crippen LogP contribution in [0, 0.1) is 10.8 Å². The molecule has 5 heteroatoms. The van der Waals surface area contributed by atoms with E-state index >= 15 is 0 Å². The predicted molar refractivity (Wildman–Crippen MR) is 58.9 cm³/mol. The van der Waals surface area contributed by atoms with E-state index in [0.717, 1.165) is 26.1 Å². The number of hydrogen-bond acceptors (Lipinski definition) is 5. The SMILES string of the molecule is COC(=O)C12CNCC1(CNC(C)CO)C2. The summed E-state index contributed by atoms with van der Waals surface area (Å²) in [6, 6.07) is 0.0749. The van der Waals surface area contributed by atoms with Crippen LogP contribution < -0.4 is 10.6 Å². The van der Waals surface area contributed by atoms with E-state index in [4.69, 9.17) is 9.84 Å². The molecule has 1 heterocycles. The maximum Gasteiger partial charge on any atom is 0.313 e. The molecule has 2 fully saturated rings. The van der Waals surface area contributed by atoms with Crippen LogP contribution in [-0.4, -0.2) is 50.5 Å². The number of carbonyl (C=O) groups excluding carboxylic acids is 1. The Bertz CT molecular complexity index is 297. The summed E-state index contributed by atoms with van der Waals surface area (Å²) in [5.41, 5.74) is -0.312. The van der Waals surface area contributed by atoms with Crippen LogP contribution in [0.4, 0.5) is 0 Å². The Morgan fingerprint density at radius 3 is 3.00 bits per heavy atom. The molecule has 1 aliphatic carbocycles. The molecule has 0 bridgehead atoms. The number of piperidine rings is 1. The van der Waals surface area contributed by atoms with Gasteiger partial charge >= 0.3 is 5.97 Å². The van der Waals surface area contributed by atoms with E-state index in [1.807, 2.05) is 6.92 Å². The van der Waals surface area contributed by atoms with Crippen molar-refractivity contribution in [3.05, 3.63) is 0 Å². The van der Waals surface area contributed by atoms with Gasteiger partial charge in [-0.15, -0.1) is 0 Å². The number of methoxy groups -OCH3 is 1. The van der Waals surface area contributed by atoms with Crippen LogP contribution in [0.1, 0.15) is 13.3 Å². The minimum atomic E-state index is -0.316. The van der Waals surface area contributed by atoms with Crippen molar-refractivity contribution >= 4 is 5.97 Å². The molecule has 0 radical (unpaired) electrons. The lowest BCUT2D eigenvalue weighted by Crippen LogP contribution is -2.38. The zero-order chi connectivity index (χ0) is 11.8. The second-order valence-corrected chi connectivity index (χ2v) is 5.10. The Morgan fingerprint density at radius 2 is 2.38 bits per heavy atom. The molecule has 3 N–H and O–H groups in total. The highest BCUT2D eigenvalue weighted by Crippen LogP contribution is 2.66. The first-order valence-corrected chi connectivity index (χ1v) is 5.74. The Balaban J connectivity index is 1.97. The first-order chi connectivity index (χ1) is 7.60. The summed E-state index contributed by atoms with van der Waals surface area (Å²) in [5.74, 6) is -0.101. The van der Waals surface area contributed by atoms with Gasteiger partial charge in [0.2, 0.25) is 0 Å². The molecule has 0 aromatic heterocycles. The molecule has 0 amide bonds. The summed E-state index contributed by atoms with van der Waals surface area (Å²) in [6.07, 6.45) is 0.894. The first-order valence-electron chi connectivity index (χ1n) is 5.74. The molecule has 92 valence electrons. The first kappa shape index (κ1) is 11.8. The van der Waals surface area contributed by atoms with Gasteiger partial charge in [0.1, 0.15) is 0 Å².